The van der Waals surface area contributed by atoms with Crippen molar-refractivity contribution in [1.82, 2.24) is 25.1 Å². The first-order chi connectivity index (χ1) is 10.4. The summed E-state index contributed by atoms with van der Waals surface area (Å²) in [6, 6.07) is 2.29. The van der Waals surface area contributed by atoms with E-state index in [2.05, 4.69) is 26.6 Å². The Balaban J connectivity index is 1.96. The van der Waals surface area contributed by atoms with E-state index in [1.54, 1.807) is 12.3 Å². The molecular formula is C15H19N5O. The smallest absolute Gasteiger partial charge is 0.116 e. The highest BCUT2D eigenvalue weighted by molar-refractivity contribution is 5.69. The largest absolute Gasteiger partial charge is 0.392 e. The number of aromatic nitrogens is 4. The van der Waals surface area contributed by atoms with Crippen molar-refractivity contribution in [2.45, 2.75) is 18.9 Å². The topological polar surface area (TPSA) is 75.9 Å². The Bertz CT molecular complexity index is 602. The van der Waals surface area contributed by atoms with Gasteiger partial charge in [-0.15, -0.1) is 0 Å². The number of piperidine rings is 1. The number of hydrogen-bond acceptors (Lipinski definition) is 5. The number of aliphatic hydroxyl groups excluding tert-OH is 1. The van der Waals surface area contributed by atoms with Gasteiger partial charge in [0.25, 0.3) is 0 Å². The van der Waals surface area contributed by atoms with Crippen molar-refractivity contribution in [3.63, 3.8) is 0 Å². The van der Waals surface area contributed by atoms with Gasteiger partial charge in [-0.3, -0.25) is 4.68 Å². The Morgan fingerprint density at radius 2 is 2.24 bits per heavy atom. The maximum atomic E-state index is 8.99. The van der Waals surface area contributed by atoms with Crippen molar-refractivity contribution in [3.8, 4) is 11.3 Å². The lowest BCUT2D eigenvalue weighted by atomic mass is 10.1. The second-order valence-corrected chi connectivity index (χ2v) is 5.07. The van der Waals surface area contributed by atoms with Crippen molar-refractivity contribution in [2.75, 3.05) is 19.7 Å². The van der Waals surface area contributed by atoms with Gasteiger partial charge in [-0.1, -0.05) is 6.08 Å². The van der Waals surface area contributed by atoms with Crippen LogP contribution in [0.5, 0.6) is 0 Å². The van der Waals surface area contributed by atoms with Crippen LogP contribution >= 0.6 is 0 Å². The molecule has 0 saturated carbocycles. The van der Waals surface area contributed by atoms with E-state index in [1.807, 2.05) is 16.8 Å². The third-order valence-corrected chi connectivity index (χ3v) is 3.68. The molecule has 0 atom stereocenters. The average Bonchev–Trinajstić information content (AvgIpc) is 2.99. The molecule has 0 unspecified atom stereocenters. The zero-order valence-corrected chi connectivity index (χ0v) is 11.8. The molecule has 110 valence electrons. The van der Waals surface area contributed by atoms with Gasteiger partial charge in [0.1, 0.15) is 6.33 Å². The fourth-order valence-corrected chi connectivity index (χ4v) is 2.60. The van der Waals surface area contributed by atoms with Crippen molar-refractivity contribution in [3.05, 3.63) is 36.6 Å². The highest BCUT2D eigenvalue weighted by Crippen LogP contribution is 2.26. The molecule has 0 aromatic carbocycles. The highest BCUT2D eigenvalue weighted by atomic mass is 16.2. The maximum absolute atomic E-state index is 8.99. The SMILES string of the molecule is OC/C=C/c1nn(C2CCNCC2)cc1-c1ccncn1. The summed E-state index contributed by atoms with van der Waals surface area (Å²) in [6.45, 7) is 2.05. The van der Waals surface area contributed by atoms with Crippen molar-refractivity contribution < 1.29 is 5.11 Å². The molecule has 2 aromatic heterocycles. The molecule has 6 nitrogen and oxygen atoms in total. The van der Waals surface area contributed by atoms with Crippen molar-refractivity contribution in [2.24, 2.45) is 0 Å². The van der Waals surface area contributed by atoms with Gasteiger partial charge in [0.15, 0.2) is 0 Å². The number of nitrogens with zero attached hydrogens (tertiary/aromatic N) is 4. The van der Waals surface area contributed by atoms with Gasteiger partial charge in [0.05, 0.1) is 24.0 Å². The minimum Gasteiger partial charge on any atom is -0.392 e. The first kappa shape index (κ1) is 13.9. The summed E-state index contributed by atoms with van der Waals surface area (Å²) < 4.78 is 2.04. The fraction of sp³-hybridized carbons (Fsp3) is 0.400. The first-order valence-electron chi connectivity index (χ1n) is 7.22. The first-order valence-corrected chi connectivity index (χ1v) is 7.22. The molecule has 0 radical (unpaired) electrons. The van der Waals surface area contributed by atoms with E-state index in [0.29, 0.717) is 6.04 Å². The highest BCUT2D eigenvalue weighted by Gasteiger charge is 2.18. The molecule has 1 saturated heterocycles. The second-order valence-electron chi connectivity index (χ2n) is 5.07. The molecule has 2 aromatic rings. The molecule has 3 rings (SSSR count). The van der Waals surface area contributed by atoms with Gasteiger partial charge in [-0.05, 0) is 38.1 Å². The molecule has 1 fully saturated rings. The Labute approximate surface area is 123 Å². The molecule has 0 aliphatic carbocycles. The van der Waals surface area contributed by atoms with E-state index in [-0.39, 0.29) is 6.61 Å². The summed E-state index contributed by atoms with van der Waals surface area (Å²) in [6.07, 6.45) is 11.0. The van der Waals surface area contributed by atoms with Crippen molar-refractivity contribution >= 4 is 6.08 Å². The monoisotopic (exact) mass is 285 g/mol. The van der Waals surface area contributed by atoms with Crippen LogP contribution in [0.15, 0.2) is 30.9 Å². The summed E-state index contributed by atoms with van der Waals surface area (Å²) in [4.78, 5) is 8.26. The minimum atomic E-state index is 0.00340. The molecule has 0 bridgehead atoms. The summed E-state index contributed by atoms with van der Waals surface area (Å²) in [5.74, 6) is 0. The standard InChI is InChI=1S/C15H19N5O/c21-9-1-2-15-13(14-5-8-17-11-18-14)10-20(19-15)12-3-6-16-7-4-12/h1-2,5,8,10-12,16,21H,3-4,6-7,9H2/b2-1+. The van der Waals surface area contributed by atoms with Crippen LogP contribution in [0.3, 0.4) is 0 Å². The lowest BCUT2D eigenvalue weighted by molar-refractivity contribution is 0.342. The number of nitrogens with one attached hydrogen (secondary N) is 1. The molecule has 3 heterocycles. The number of rotatable bonds is 4. The second kappa shape index (κ2) is 6.60. The van der Waals surface area contributed by atoms with E-state index in [0.717, 1.165) is 42.9 Å². The Hall–Kier alpha value is -2.05. The predicted octanol–water partition coefficient (Wildman–Crippen LogP) is 1.27. The lowest BCUT2D eigenvalue weighted by Crippen LogP contribution is -2.29. The van der Waals surface area contributed by atoms with Crippen LogP contribution in [-0.2, 0) is 0 Å². The van der Waals surface area contributed by atoms with Crippen LogP contribution in [0.1, 0.15) is 24.6 Å². The van der Waals surface area contributed by atoms with Gasteiger partial charge >= 0.3 is 0 Å². The molecule has 2 N–H and O–H groups in total. The van der Waals surface area contributed by atoms with Crippen LogP contribution in [0, 0.1) is 0 Å². The number of hydrogen-bond donors (Lipinski definition) is 2. The van der Waals surface area contributed by atoms with Crippen LogP contribution in [0.4, 0.5) is 0 Å². The summed E-state index contributed by atoms with van der Waals surface area (Å²) >= 11 is 0. The van der Waals surface area contributed by atoms with E-state index < -0.39 is 0 Å². The average molecular weight is 285 g/mol. The van der Waals surface area contributed by atoms with Gasteiger partial charge in [-0.25, -0.2) is 9.97 Å². The van der Waals surface area contributed by atoms with E-state index in [1.165, 1.54) is 6.33 Å². The molecule has 0 amide bonds. The predicted molar refractivity (Wildman–Crippen MR) is 80.5 cm³/mol. The van der Waals surface area contributed by atoms with Gasteiger partial charge in [0.2, 0.25) is 0 Å². The zero-order valence-electron chi connectivity index (χ0n) is 11.8. The zero-order chi connectivity index (χ0) is 14.5. The third kappa shape index (κ3) is 3.17. The minimum absolute atomic E-state index is 0.00340. The molecule has 1 aliphatic rings. The van der Waals surface area contributed by atoms with Gasteiger partial charge in [-0.2, -0.15) is 5.10 Å². The van der Waals surface area contributed by atoms with Crippen molar-refractivity contribution in [1.29, 1.82) is 0 Å². The van der Waals surface area contributed by atoms with Crippen LogP contribution in [-0.4, -0.2) is 44.6 Å². The third-order valence-electron chi connectivity index (χ3n) is 3.68. The molecule has 0 spiro atoms. The Morgan fingerprint density at radius 1 is 1.38 bits per heavy atom. The Morgan fingerprint density at radius 3 is 2.95 bits per heavy atom. The molecular weight excluding hydrogens is 266 g/mol. The van der Waals surface area contributed by atoms with E-state index in [9.17, 15) is 0 Å². The molecule has 1 aliphatic heterocycles. The molecule has 6 heteroatoms. The summed E-state index contributed by atoms with van der Waals surface area (Å²) in [5, 5.41) is 17.0. The molecule has 21 heavy (non-hydrogen) atoms. The fourth-order valence-electron chi connectivity index (χ4n) is 2.60. The number of aliphatic hydroxyl groups is 1. The van der Waals surface area contributed by atoms with E-state index >= 15 is 0 Å². The normalized spacial score (nSPS) is 16.6. The lowest BCUT2D eigenvalue weighted by Gasteiger charge is -2.22. The quantitative estimate of drug-likeness (QED) is 0.884. The van der Waals surface area contributed by atoms with Gasteiger partial charge < -0.3 is 10.4 Å². The van der Waals surface area contributed by atoms with Crippen LogP contribution < -0.4 is 5.32 Å². The van der Waals surface area contributed by atoms with E-state index in [4.69, 9.17) is 5.11 Å². The Kier molecular flexibility index (Phi) is 4.37. The van der Waals surface area contributed by atoms with Crippen LogP contribution in [0.25, 0.3) is 17.3 Å². The summed E-state index contributed by atoms with van der Waals surface area (Å²) in [5.41, 5.74) is 2.66. The maximum Gasteiger partial charge on any atom is 0.116 e. The van der Waals surface area contributed by atoms with Gasteiger partial charge in [0, 0.05) is 18.0 Å². The summed E-state index contributed by atoms with van der Waals surface area (Å²) in [7, 11) is 0. The van der Waals surface area contributed by atoms with Crippen LogP contribution in [0.2, 0.25) is 0 Å².